The van der Waals surface area contributed by atoms with Crippen LogP contribution in [0.25, 0.3) is 0 Å². The summed E-state index contributed by atoms with van der Waals surface area (Å²) in [7, 11) is 0. The second-order valence-electron chi connectivity index (χ2n) is 7.65. The third-order valence-electron chi connectivity index (χ3n) is 7.32. The Hall–Kier alpha value is -0.260. The van der Waals surface area contributed by atoms with Crippen molar-refractivity contribution in [3.05, 3.63) is 12.2 Å². The van der Waals surface area contributed by atoms with Crippen molar-refractivity contribution in [2.24, 2.45) is 35.0 Å². The lowest BCUT2D eigenvalue weighted by Crippen LogP contribution is -2.39. The fourth-order valence-corrected chi connectivity index (χ4v) is 6.61. The average molecular weight is 260 g/mol. The Morgan fingerprint density at radius 3 is 2.53 bits per heavy atom. The largest absolute Gasteiger partial charge is 0.0993 e. The molecule has 5 atom stereocenters. The highest BCUT2D eigenvalue weighted by molar-refractivity contribution is 5.24. The minimum Gasteiger partial charge on any atom is -0.0993 e. The molecule has 0 saturated heterocycles. The lowest BCUT2D eigenvalue weighted by atomic mass is 9.59. The lowest BCUT2D eigenvalue weighted by Gasteiger charge is -2.46. The molecule has 0 aromatic rings. The van der Waals surface area contributed by atoms with Gasteiger partial charge in [0.2, 0.25) is 0 Å². The number of rotatable bonds is 4. The number of hydrogen-bond acceptors (Lipinski definition) is 0. The molecule has 5 unspecified atom stereocenters. The average Bonchev–Trinajstić information content (AvgIpc) is 3.06. The van der Waals surface area contributed by atoms with E-state index in [0.29, 0.717) is 5.41 Å². The van der Waals surface area contributed by atoms with Crippen LogP contribution in [0.5, 0.6) is 0 Å². The van der Waals surface area contributed by atoms with Crippen LogP contribution in [-0.4, -0.2) is 0 Å². The summed E-state index contributed by atoms with van der Waals surface area (Å²) < 4.78 is 0. The number of hydrogen-bond donors (Lipinski definition) is 0. The molecule has 0 heteroatoms. The van der Waals surface area contributed by atoms with Crippen LogP contribution in [0.4, 0.5) is 0 Å². The fraction of sp³-hybridized carbons (Fsp3) is 0.895. The van der Waals surface area contributed by atoms with Crippen molar-refractivity contribution in [2.75, 3.05) is 0 Å². The fourth-order valence-electron chi connectivity index (χ4n) is 6.61. The van der Waals surface area contributed by atoms with E-state index >= 15 is 0 Å². The number of allylic oxidation sites excluding steroid dienone is 1. The SMILES string of the molecule is C=C1CCCC12CC1CC2C(CC)C1C(CC)CC. The summed E-state index contributed by atoms with van der Waals surface area (Å²) >= 11 is 0. The Kier molecular flexibility index (Phi) is 3.56. The zero-order valence-electron chi connectivity index (χ0n) is 13.3. The van der Waals surface area contributed by atoms with Crippen LogP contribution >= 0.6 is 0 Å². The van der Waals surface area contributed by atoms with E-state index in [-0.39, 0.29) is 0 Å². The predicted octanol–water partition coefficient (Wildman–Crippen LogP) is 5.83. The summed E-state index contributed by atoms with van der Waals surface area (Å²) in [6.45, 7) is 11.8. The first-order valence-electron chi connectivity index (χ1n) is 8.86. The minimum absolute atomic E-state index is 0.605. The van der Waals surface area contributed by atoms with Crippen molar-refractivity contribution in [2.45, 2.75) is 72.1 Å². The molecule has 3 saturated carbocycles. The molecule has 0 aromatic carbocycles. The van der Waals surface area contributed by atoms with Crippen molar-refractivity contribution in [1.29, 1.82) is 0 Å². The molecule has 19 heavy (non-hydrogen) atoms. The van der Waals surface area contributed by atoms with Crippen molar-refractivity contribution in [1.82, 2.24) is 0 Å². The molecule has 2 bridgehead atoms. The van der Waals surface area contributed by atoms with Gasteiger partial charge in [-0.2, -0.15) is 0 Å². The standard InChI is InChI=1S/C19H32/c1-5-14(6-2)18-15-11-17(16(18)7-3)19(12-15)10-8-9-13(19)4/h14-18H,4-12H2,1-3H3. The van der Waals surface area contributed by atoms with Crippen LogP contribution in [0, 0.1) is 35.0 Å². The van der Waals surface area contributed by atoms with Gasteiger partial charge >= 0.3 is 0 Å². The lowest BCUT2D eigenvalue weighted by molar-refractivity contribution is 0.0598. The second-order valence-corrected chi connectivity index (χ2v) is 7.65. The van der Waals surface area contributed by atoms with Gasteiger partial charge in [0, 0.05) is 0 Å². The van der Waals surface area contributed by atoms with Crippen LogP contribution in [0.1, 0.15) is 72.1 Å². The maximum Gasteiger partial charge on any atom is -0.00568 e. The van der Waals surface area contributed by atoms with Gasteiger partial charge in [0.15, 0.2) is 0 Å². The quantitative estimate of drug-likeness (QED) is 0.558. The molecule has 0 aliphatic heterocycles. The first-order chi connectivity index (χ1) is 9.17. The van der Waals surface area contributed by atoms with E-state index in [1.165, 1.54) is 44.9 Å². The Morgan fingerprint density at radius 1 is 1.26 bits per heavy atom. The van der Waals surface area contributed by atoms with Crippen LogP contribution < -0.4 is 0 Å². The molecule has 108 valence electrons. The third kappa shape index (κ3) is 1.78. The Balaban J connectivity index is 1.87. The van der Waals surface area contributed by atoms with Crippen molar-refractivity contribution < 1.29 is 0 Å². The topological polar surface area (TPSA) is 0 Å². The van der Waals surface area contributed by atoms with Gasteiger partial charge in [0.25, 0.3) is 0 Å². The van der Waals surface area contributed by atoms with Crippen molar-refractivity contribution >= 4 is 0 Å². The highest BCUT2D eigenvalue weighted by atomic mass is 14.7. The van der Waals surface area contributed by atoms with E-state index in [9.17, 15) is 0 Å². The first kappa shape index (κ1) is 13.7. The van der Waals surface area contributed by atoms with Crippen molar-refractivity contribution in [3.8, 4) is 0 Å². The monoisotopic (exact) mass is 260 g/mol. The van der Waals surface area contributed by atoms with E-state index in [4.69, 9.17) is 0 Å². The molecule has 0 aromatic heterocycles. The van der Waals surface area contributed by atoms with E-state index < -0.39 is 0 Å². The minimum atomic E-state index is 0.605. The summed E-state index contributed by atoms with van der Waals surface area (Å²) in [6.07, 6.45) is 11.5. The molecule has 1 spiro atoms. The van der Waals surface area contributed by atoms with Gasteiger partial charge in [0.1, 0.15) is 0 Å². The number of fused-ring (bicyclic) bond motifs is 3. The molecule has 3 rings (SSSR count). The maximum absolute atomic E-state index is 4.49. The highest BCUT2D eigenvalue weighted by Crippen LogP contribution is 2.69. The molecule has 3 aliphatic carbocycles. The van der Waals surface area contributed by atoms with Gasteiger partial charge in [0.05, 0.1) is 0 Å². The summed E-state index contributed by atoms with van der Waals surface area (Å²) in [5, 5.41) is 0. The smallest absolute Gasteiger partial charge is 0.00568 e. The molecule has 0 nitrogen and oxygen atoms in total. The molecular weight excluding hydrogens is 228 g/mol. The summed E-state index contributed by atoms with van der Waals surface area (Å²) in [5.41, 5.74) is 2.25. The van der Waals surface area contributed by atoms with Crippen LogP contribution in [-0.2, 0) is 0 Å². The van der Waals surface area contributed by atoms with Gasteiger partial charge in [-0.3, -0.25) is 0 Å². The molecular formula is C19H32. The predicted molar refractivity (Wildman–Crippen MR) is 83.0 cm³/mol. The summed E-state index contributed by atoms with van der Waals surface area (Å²) in [6, 6.07) is 0. The first-order valence-corrected chi connectivity index (χ1v) is 8.86. The zero-order valence-corrected chi connectivity index (χ0v) is 13.3. The zero-order chi connectivity index (χ0) is 13.6. The van der Waals surface area contributed by atoms with Crippen LogP contribution in [0.15, 0.2) is 12.2 Å². The Bertz CT molecular complexity index is 351. The molecule has 3 fully saturated rings. The van der Waals surface area contributed by atoms with Crippen molar-refractivity contribution in [3.63, 3.8) is 0 Å². The van der Waals surface area contributed by atoms with Crippen LogP contribution in [0.3, 0.4) is 0 Å². The molecule has 0 radical (unpaired) electrons. The molecule has 0 N–H and O–H groups in total. The van der Waals surface area contributed by atoms with Gasteiger partial charge in [-0.15, -0.1) is 0 Å². The maximum atomic E-state index is 4.49. The van der Waals surface area contributed by atoms with Gasteiger partial charge in [-0.1, -0.05) is 52.2 Å². The van der Waals surface area contributed by atoms with E-state index in [2.05, 4.69) is 27.4 Å². The highest BCUT2D eigenvalue weighted by Gasteiger charge is 2.61. The van der Waals surface area contributed by atoms with Gasteiger partial charge < -0.3 is 0 Å². The molecule has 3 aliphatic rings. The van der Waals surface area contributed by atoms with Crippen LogP contribution in [0.2, 0.25) is 0 Å². The Labute approximate surface area is 120 Å². The van der Waals surface area contributed by atoms with E-state index in [0.717, 1.165) is 29.6 Å². The van der Waals surface area contributed by atoms with E-state index in [1.807, 2.05) is 0 Å². The second kappa shape index (κ2) is 4.93. The van der Waals surface area contributed by atoms with Gasteiger partial charge in [-0.05, 0) is 67.1 Å². The normalized spacial score (nSPS) is 44.9. The van der Waals surface area contributed by atoms with E-state index in [1.54, 1.807) is 12.0 Å². The Morgan fingerprint density at radius 2 is 2.00 bits per heavy atom. The summed E-state index contributed by atoms with van der Waals surface area (Å²) in [4.78, 5) is 0. The third-order valence-corrected chi connectivity index (χ3v) is 7.32. The molecule has 0 amide bonds. The van der Waals surface area contributed by atoms with Gasteiger partial charge in [-0.25, -0.2) is 0 Å². The molecule has 0 heterocycles. The summed E-state index contributed by atoms with van der Waals surface area (Å²) in [5.74, 6) is 5.09.